The molecule has 34 heavy (non-hydrogen) atoms. The highest BCUT2D eigenvalue weighted by Crippen LogP contribution is 2.31. The van der Waals surface area contributed by atoms with E-state index in [4.69, 9.17) is 13.9 Å². The fraction of sp³-hybridized carbons (Fsp3) is 0.200. The molecule has 0 bridgehead atoms. The molecule has 1 aromatic carbocycles. The van der Waals surface area contributed by atoms with E-state index < -0.39 is 18.0 Å². The van der Waals surface area contributed by atoms with E-state index in [1.54, 1.807) is 43.3 Å². The summed E-state index contributed by atoms with van der Waals surface area (Å²) in [5, 5.41) is 0. The number of nitrogens with zero attached hydrogens (tertiary/aromatic N) is 2. The normalized spacial score (nSPS) is 15.5. The van der Waals surface area contributed by atoms with Gasteiger partial charge in [-0.25, -0.2) is 9.79 Å². The fourth-order valence-corrected chi connectivity index (χ4v) is 4.68. The van der Waals surface area contributed by atoms with Gasteiger partial charge in [-0.15, -0.1) is 0 Å². The second kappa shape index (κ2) is 9.48. The van der Waals surface area contributed by atoms with E-state index in [1.807, 2.05) is 13.0 Å². The van der Waals surface area contributed by atoms with Crippen LogP contribution < -0.4 is 19.6 Å². The Kier molecular flexibility index (Phi) is 6.47. The number of hydrogen-bond donors (Lipinski definition) is 0. The first-order valence-electron chi connectivity index (χ1n) is 10.4. The third kappa shape index (κ3) is 4.55. The van der Waals surface area contributed by atoms with Crippen LogP contribution in [0.15, 0.2) is 74.5 Å². The number of fused-ring (bicyclic) bond motifs is 1. The van der Waals surface area contributed by atoms with Crippen LogP contribution in [0.4, 0.5) is 0 Å². The lowest BCUT2D eigenvalue weighted by atomic mass is 9.96. The number of esters is 2. The summed E-state index contributed by atoms with van der Waals surface area (Å²) in [5.41, 5.74) is 1.02. The van der Waals surface area contributed by atoms with E-state index in [-0.39, 0.29) is 17.7 Å². The summed E-state index contributed by atoms with van der Waals surface area (Å²) in [5.74, 6) is 0.595. The predicted molar refractivity (Wildman–Crippen MR) is 126 cm³/mol. The molecular weight excluding hydrogens is 456 g/mol. The van der Waals surface area contributed by atoms with Crippen molar-refractivity contribution >= 4 is 29.4 Å². The van der Waals surface area contributed by atoms with Gasteiger partial charge in [0.05, 0.1) is 21.8 Å². The van der Waals surface area contributed by atoms with E-state index in [0.717, 1.165) is 5.76 Å². The summed E-state index contributed by atoms with van der Waals surface area (Å²) in [6.07, 6.45) is 3.13. The Morgan fingerprint density at radius 3 is 2.56 bits per heavy atom. The lowest BCUT2D eigenvalue weighted by Gasteiger charge is -2.24. The van der Waals surface area contributed by atoms with Crippen molar-refractivity contribution in [1.29, 1.82) is 0 Å². The van der Waals surface area contributed by atoms with Gasteiger partial charge in [-0.2, -0.15) is 0 Å². The van der Waals surface area contributed by atoms with E-state index in [9.17, 15) is 14.4 Å². The number of carbonyl (C=O) groups excluding carboxylic acids is 2. The minimum atomic E-state index is -0.777. The third-order valence-corrected chi connectivity index (χ3v) is 6.05. The van der Waals surface area contributed by atoms with Gasteiger partial charge in [0.2, 0.25) is 0 Å². The van der Waals surface area contributed by atoms with Crippen LogP contribution in [0.25, 0.3) is 6.08 Å². The molecule has 9 heteroatoms. The molecule has 3 aromatic rings. The lowest BCUT2D eigenvalue weighted by molar-refractivity contribution is -0.138. The standard InChI is InChI=1S/C25H22N2O6S/c1-5-12-31-24(30)21-15(3)26-25-27(22(21)17-7-10-18(11-8-17)33-16(4)28)23(29)20(34-25)13-19-9-6-14(2)32-19/h5-11,13,22H,1,12H2,2-4H3/b20-13+/t22-/m1/s1. The third-order valence-electron chi connectivity index (χ3n) is 5.07. The van der Waals surface area contributed by atoms with Crippen molar-refractivity contribution in [2.45, 2.75) is 26.8 Å². The van der Waals surface area contributed by atoms with Gasteiger partial charge in [0.25, 0.3) is 5.56 Å². The Morgan fingerprint density at radius 2 is 1.94 bits per heavy atom. The molecule has 0 saturated heterocycles. The maximum Gasteiger partial charge on any atom is 0.338 e. The average Bonchev–Trinajstić information content (AvgIpc) is 3.33. The first kappa shape index (κ1) is 23.2. The van der Waals surface area contributed by atoms with Crippen molar-refractivity contribution < 1.29 is 23.5 Å². The Balaban J connectivity index is 1.89. The lowest BCUT2D eigenvalue weighted by Crippen LogP contribution is -2.39. The predicted octanol–water partition coefficient (Wildman–Crippen LogP) is 2.79. The zero-order chi connectivity index (χ0) is 24.4. The van der Waals surface area contributed by atoms with Gasteiger partial charge in [-0.05, 0) is 43.7 Å². The summed E-state index contributed by atoms with van der Waals surface area (Å²) in [4.78, 5) is 42.7. The number of aryl methyl sites for hydroxylation is 1. The molecule has 1 atom stereocenters. The van der Waals surface area contributed by atoms with Crippen LogP contribution >= 0.6 is 11.3 Å². The van der Waals surface area contributed by atoms with Gasteiger partial charge in [0.1, 0.15) is 23.9 Å². The van der Waals surface area contributed by atoms with Gasteiger partial charge in [-0.3, -0.25) is 14.2 Å². The molecule has 0 radical (unpaired) electrons. The number of benzene rings is 1. The summed E-state index contributed by atoms with van der Waals surface area (Å²) < 4.78 is 17.9. The molecule has 0 amide bonds. The van der Waals surface area contributed by atoms with Crippen LogP contribution in [0.3, 0.4) is 0 Å². The molecule has 2 aromatic heterocycles. The number of carbonyl (C=O) groups is 2. The number of ether oxygens (including phenoxy) is 2. The molecule has 174 valence electrons. The molecule has 0 saturated carbocycles. The first-order chi connectivity index (χ1) is 16.3. The smallest absolute Gasteiger partial charge is 0.338 e. The summed E-state index contributed by atoms with van der Waals surface area (Å²) >= 11 is 1.21. The van der Waals surface area contributed by atoms with Crippen molar-refractivity contribution in [3.8, 4) is 5.75 Å². The number of hydrogen-bond acceptors (Lipinski definition) is 8. The SMILES string of the molecule is C=CCOC(=O)C1=C(C)N=c2s/c(=C/c3ccc(C)o3)c(=O)n2[C@@H]1c1ccc(OC(C)=O)cc1. The molecule has 0 fully saturated rings. The van der Waals surface area contributed by atoms with Crippen molar-refractivity contribution in [1.82, 2.24) is 4.57 Å². The van der Waals surface area contributed by atoms with Crippen LogP contribution in [0.1, 0.15) is 37.0 Å². The number of thiazole rings is 1. The van der Waals surface area contributed by atoms with Crippen molar-refractivity contribution in [2.75, 3.05) is 6.61 Å². The molecule has 0 unspecified atom stereocenters. The largest absolute Gasteiger partial charge is 0.462 e. The van der Waals surface area contributed by atoms with Crippen molar-refractivity contribution in [3.05, 3.63) is 97.1 Å². The topological polar surface area (TPSA) is 100 Å². The molecule has 3 heterocycles. The summed E-state index contributed by atoms with van der Waals surface area (Å²) in [6.45, 7) is 8.44. The maximum absolute atomic E-state index is 13.5. The maximum atomic E-state index is 13.5. The van der Waals surface area contributed by atoms with Crippen molar-refractivity contribution in [2.24, 2.45) is 4.99 Å². The van der Waals surface area contributed by atoms with Gasteiger partial charge in [0, 0.05) is 13.0 Å². The minimum absolute atomic E-state index is 0.0238. The molecule has 0 spiro atoms. The molecule has 1 aliphatic rings. The Morgan fingerprint density at radius 1 is 1.21 bits per heavy atom. The minimum Gasteiger partial charge on any atom is -0.462 e. The summed E-state index contributed by atoms with van der Waals surface area (Å²) in [7, 11) is 0. The van der Waals surface area contributed by atoms with Crippen LogP contribution in [0.2, 0.25) is 0 Å². The zero-order valence-corrected chi connectivity index (χ0v) is 19.7. The van der Waals surface area contributed by atoms with Gasteiger partial charge in [-0.1, -0.05) is 36.1 Å². The molecule has 8 nitrogen and oxygen atoms in total. The molecule has 1 aliphatic heterocycles. The van der Waals surface area contributed by atoms with Crippen molar-refractivity contribution in [3.63, 3.8) is 0 Å². The Hall–Kier alpha value is -3.98. The Bertz CT molecular complexity index is 1490. The Labute approximate surface area is 198 Å². The molecule has 4 rings (SSSR count). The van der Waals surface area contributed by atoms with Crippen LogP contribution in [0.5, 0.6) is 5.75 Å². The highest BCUT2D eigenvalue weighted by atomic mass is 32.1. The number of aromatic nitrogens is 1. The zero-order valence-electron chi connectivity index (χ0n) is 18.9. The number of allylic oxidation sites excluding steroid dienone is 1. The van der Waals surface area contributed by atoms with E-state index >= 15 is 0 Å². The van der Waals surface area contributed by atoms with Gasteiger partial charge in [0.15, 0.2) is 4.80 Å². The first-order valence-corrected chi connectivity index (χ1v) is 11.3. The van der Waals surface area contributed by atoms with Crippen LogP contribution in [-0.2, 0) is 14.3 Å². The van der Waals surface area contributed by atoms with Crippen LogP contribution in [-0.4, -0.2) is 23.1 Å². The molecular formula is C25H22N2O6S. The highest BCUT2D eigenvalue weighted by Gasteiger charge is 2.33. The highest BCUT2D eigenvalue weighted by molar-refractivity contribution is 7.07. The summed E-state index contributed by atoms with van der Waals surface area (Å²) in [6, 6.07) is 9.45. The van der Waals surface area contributed by atoms with Gasteiger partial charge < -0.3 is 13.9 Å². The number of rotatable bonds is 6. The van der Waals surface area contributed by atoms with E-state index in [1.165, 1.54) is 28.9 Å². The second-order valence-corrected chi connectivity index (χ2v) is 8.59. The fourth-order valence-electron chi connectivity index (χ4n) is 3.65. The monoisotopic (exact) mass is 478 g/mol. The number of furan rings is 1. The van der Waals surface area contributed by atoms with E-state index in [0.29, 0.717) is 32.1 Å². The quantitative estimate of drug-likeness (QED) is 0.307. The van der Waals surface area contributed by atoms with E-state index in [2.05, 4.69) is 11.6 Å². The average molecular weight is 479 g/mol. The molecule has 0 aliphatic carbocycles. The molecule has 0 N–H and O–H groups in total. The second-order valence-electron chi connectivity index (χ2n) is 7.58. The van der Waals surface area contributed by atoms with Crippen LogP contribution in [0, 0.1) is 6.92 Å². The van der Waals surface area contributed by atoms with Gasteiger partial charge >= 0.3 is 11.9 Å².